The Bertz CT molecular complexity index is 1430. The molecule has 1 aliphatic carbocycles. The summed E-state index contributed by atoms with van der Waals surface area (Å²) in [5.74, 6) is 1.94. The van der Waals surface area contributed by atoms with Crippen molar-refractivity contribution in [3.05, 3.63) is 105 Å². The highest BCUT2D eigenvalue weighted by molar-refractivity contribution is 5.90. The predicted octanol–water partition coefficient (Wildman–Crippen LogP) is 11.2. The molecule has 2 heteroatoms. The van der Waals surface area contributed by atoms with Gasteiger partial charge in [-0.05, 0) is 83.4 Å². The third-order valence-corrected chi connectivity index (χ3v) is 9.53. The summed E-state index contributed by atoms with van der Waals surface area (Å²) in [6.45, 7) is 11.5. The molecule has 0 N–H and O–H groups in total. The number of hydrogen-bond donors (Lipinski definition) is 0. The van der Waals surface area contributed by atoms with Crippen LogP contribution >= 0.6 is 0 Å². The van der Waals surface area contributed by atoms with Gasteiger partial charge in [0.1, 0.15) is 11.7 Å². The summed E-state index contributed by atoms with van der Waals surface area (Å²) in [7, 11) is 0. The minimum Gasteiger partial charge on any atom is -0.425 e. The molecule has 0 aromatic heterocycles. The van der Waals surface area contributed by atoms with Gasteiger partial charge in [-0.15, -0.1) is 0 Å². The number of allylic oxidation sites excluding steroid dienone is 1. The highest BCUT2D eigenvalue weighted by Gasteiger charge is 2.38. The van der Waals surface area contributed by atoms with Gasteiger partial charge in [0, 0.05) is 11.5 Å². The Hall–Kier alpha value is -3.13. The minimum absolute atomic E-state index is 0.132. The van der Waals surface area contributed by atoms with E-state index in [1.807, 2.05) is 6.07 Å². The normalized spacial score (nSPS) is 17.4. The maximum atomic E-state index is 13.7. The van der Waals surface area contributed by atoms with Crippen LogP contribution in [0.3, 0.4) is 0 Å². The van der Waals surface area contributed by atoms with Crippen molar-refractivity contribution < 1.29 is 9.53 Å². The molecular weight excluding hydrogens is 524 g/mol. The second-order valence-corrected chi connectivity index (χ2v) is 13.8. The van der Waals surface area contributed by atoms with E-state index in [2.05, 4.69) is 95.3 Å². The smallest absolute Gasteiger partial charge is 0.323 e. The van der Waals surface area contributed by atoms with Crippen LogP contribution in [0.2, 0.25) is 0 Å². The molecule has 2 nitrogen and oxygen atoms in total. The first-order valence-corrected chi connectivity index (χ1v) is 17.1. The molecule has 1 heterocycles. The molecule has 1 aliphatic heterocycles. The van der Waals surface area contributed by atoms with Gasteiger partial charge in [-0.2, -0.15) is 0 Å². The highest BCUT2D eigenvalue weighted by Crippen LogP contribution is 2.48. The van der Waals surface area contributed by atoms with Crippen LogP contribution in [0.4, 0.5) is 0 Å². The minimum atomic E-state index is -0.377. The topological polar surface area (TPSA) is 26.3 Å². The summed E-state index contributed by atoms with van der Waals surface area (Å²) in [6.07, 6.45) is 15.5. The lowest BCUT2D eigenvalue weighted by Crippen LogP contribution is -2.16. The summed E-state index contributed by atoms with van der Waals surface area (Å²) >= 11 is 0. The van der Waals surface area contributed by atoms with Crippen molar-refractivity contribution in [2.24, 2.45) is 11.8 Å². The Balaban J connectivity index is 1.47. The number of esters is 1. The third-order valence-electron chi connectivity index (χ3n) is 9.53. The monoisotopic (exact) mass is 576 g/mol. The van der Waals surface area contributed by atoms with E-state index >= 15 is 0 Å². The summed E-state index contributed by atoms with van der Waals surface area (Å²) in [4.78, 5) is 13.7. The molecule has 0 saturated carbocycles. The van der Waals surface area contributed by atoms with Gasteiger partial charge in [0.05, 0.1) is 0 Å². The molecule has 2 atom stereocenters. The van der Waals surface area contributed by atoms with Gasteiger partial charge >= 0.3 is 5.97 Å². The Labute approximate surface area is 261 Å². The third kappa shape index (κ3) is 7.51. The largest absolute Gasteiger partial charge is 0.425 e. The Morgan fingerprint density at radius 2 is 1.28 bits per heavy atom. The molecular formula is C41H52O2. The number of benzene rings is 3. The second-order valence-electron chi connectivity index (χ2n) is 13.8. The predicted molar refractivity (Wildman–Crippen MR) is 181 cm³/mol. The SMILES string of the molecule is CCC1=Cc2ccccc2C1c1ccc(CCCCCC(C)C)cc1C1C(=O)Oc2ccc(CCCCCC(C)C)cc21. The molecule has 0 saturated heterocycles. The van der Waals surface area contributed by atoms with E-state index in [0.717, 1.165) is 48.0 Å². The van der Waals surface area contributed by atoms with Gasteiger partial charge < -0.3 is 4.74 Å². The lowest BCUT2D eigenvalue weighted by Gasteiger charge is -2.23. The molecule has 5 rings (SSSR count). The van der Waals surface area contributed by atoms with E-state index in [0.29, 0.717) is 0 Å². The van der Waals surface area contributed by atoms with Gasteiger partial charge in [-0.3, -0.25) is 4.79 Å². The van der Waals surface area contributed by atoms with E-state index in [1.54, 1.807) is 0 Å². The Kier molecular flexibility index (Phi) is 10.6. The molecule has 2 unspecified atom stereocenters. The Morgan fingerprint density at radius 1 is 0.651 bits per heavy atom. The van der Waals surface area contributed by atoms with Crippen molar-refractivity contribution in [1.29, 1.82) is 0 Å². The van der Waals surface area contributed by atoms with Crippen molar-refractivity contribution in [3.63, 3.8) is 0 Å². The van der Waals surface area contributed by atoms with Crippen molar-refractivity contribution in [2.75, 3.05) is 0 Å². The van der Waals surface area contributed by atoms with Crippen LogP contribution in [0.15, 0.2) is 66.2 Å². The van der Waals surface area contributed by atoms with E-state index in [-0.39, 0.29) is 17.8 Å². The zero-order valence-electron chi connectivity index (χ0n) is 27.3. The van der Waals surface area contributed by atoms with Crippen LogP contribution < -0.4 is 4.74 Å². The molecule has 0 spiro atoms. The fraction of sp³-hybridized carbons (Fsp3) is 0.488. The summed E-state index contributed by atoms with van der Waals surface area (Å²) in [5, 5.41) is 0. The molecule has 3 aromatic carbocycles. The summed E-state index contributed by atoms with van der Waals surface area (Å²) in [5.41, 5.74) is 10.2. The molecule has 3 aromatic rings. The van der Waals surface area contributed by atoms with E-state index < -0.39 is 0 Å². The number of rotatable bonds is 15. The van der Waals surface area contributed by atoms with Crippen molar-refractivity contribution in [1.82, 2.24) is 0 Å². The highest BCUT2D eigenvalue weighted by atomic mass is 16.5. The van der Waals surface area contributed by atoms with Gasteiger partial charge in [0.15, 0.2) is 0 Å². The number of fused-ring (bicyclic) bond motifs is 2. The molecule has 228 valence electrons. The van der Waals surface area contributed by atoms with Crippen LogP contribution in [-0.4, -0.2) is 5.97 Å². The van der Waals surface area contributed by atoms with E-state index in [4.69, 9.17) is 4.74 Å². The van der Waals surface area contributed by atoms with Crippen molar-refractivity contribution in [2.45, 2.75) is 117 Å². The number of aryl methyl sites for hydroxylation is 2. The molecule has 43 heavy (non-hydrogen) atoms. The summed E-state index contributed by atoms with van der Waals surface area (Å²) < 4.78 is 5.96. The molecule has 0 bridgehead atoms. The molecule has 2 aliphatic rings. The van der Waals surface area contributed by atoms with E-state index in [1.165, 1.54) is 84.8 Å². The maximum Gasteiger partial charge on any atom is 0.323 e. The zero-order valence-corrected chi connectivity index (χ0v) is 27.3. The van der Waals surface area contributed by atoms with Crippen LogP contribution in [0.1, 0.15) is 143 Å². The molecule has 0 fully saturated rings. The second kappa shape index (κ2) is 14.6. The van der Waals surface area contributed by atoms with Gasteiger partial charge in [0.25, 0.3) is 0 Å². The molecule has 0 radical (unpaired) electrons. The fourth-order valence-electron chi connectivity index (χ4n) is 7.13. The lowest BCUT2D eigenvalue weighted by molar-refractivity contribution is -0.133. The van der Waals surface area contributed by atoms with Crippen molar-refractivity contribution >= 4 is 12.0 Å². The van der Waals surface area contributed by atoms with Gasteiger partial charge in [-0.25, -0.2) is 0 Å². The number of unbranched alkanes of at least 4 members (excludes halogenated alkanes) is 4. The van der Waals surface area contributed by atoms with Crippen LogP contribution in [-0.2, 0) is 17.6 Å². The number of ether oxygens (including phenoxy) is 1. The Morgan fingerprint density at radius 3 is 1.93 bits per heavy atom. The average molecular weight is 577 g/mol. The standard InChI is InChI=1S/C41H52O2/c1-6-32-27-33-19-13-14-20-34(33)39(32)35-23-21-30(17-11-7-9-15-28(2)3)25-36(35)40-37-26-31(18-12-8-10-16-29(4)5)22-24-38(37)43-41(40)42/h13-14,19-29,39-40H,6-12,15-18H2,1-5H3. The maximum absolute atomic E-state index is 13.7. The lowest BCUT2D eigenvalue weighted by atomic mass is 9.78. The number of hydrogen-bond acceptors (Lipinski definition) is 2. The quantitative estimate of drug-likeness (QED) is 0.102. The first-order chi connectivity index (χ1) is 20.9. The number of carbonyl (C=O) groups is 1. The number of carbonyl (C=O) groups excluding carboxylic acids is 1. The van der Waals surface area contributed by atoms with E-state index in [9.17, 15) is 4.79 Å². The molecule has 0 amide bonds. The summed E-state index contributed by atoms with van der Waals surface area (Å²) in [6, 6.07) is 22.3. The first-order valence-electron chi connectivity index (χ1n) is 17.1. The van der Waals surface area contributed by atoms with Crippen LogP contribution in [0.5, 0.6) is 5.75 Å². The van der Waals surface area contributed by atoms with Crippen molar-refractivity contribution in [3.8, 4) is 5.75 Å². The fourth-order valence-corrected chi connectivity index (χ4v) is 7.13. The zero-order chi connectivity index (χ0) is 30.3. The average Bonchev–Trinajstić information content (AvgIpc) is 3.52. The van der Waals surface area contributed by atoms with Crippen LogP contribution in [0, 0.1) is 11.8 Å². The van der Waals surface area contributed by atoms with Crippen LogP contribution in [0.25, 0.3) is 6.08 Å². The van der Waals surface area contributed by atoms with Gasteiger partial charge in [-0.1, -0.05) is 139 Å². The first kappa shape index (κ1) is 31.3. The van der Waals surface area contributed by atoms with Gasteiger partial charge in [0.2, 0.25) is 0 Å².